The number of nitrogens with two attached hydrogens (primary N) is 1. The van der Waals surface area contributed by atoms with Gasteiger partial charge in [0.25, 0.3) is 0 Å². The van der Waals surface area contributed by atoms with E-state index in [1.54, 1.807) is 23.5 Å². The molecule has 2 amide bonds. The Morgan fingerprint density at radius 3 is 2.35 bits per heavy atom. The van der Waals surface area contributed by atoms with Crippen LogP contribution < -0.4 is 30.5 Å². The SMILES string of the molecule is Cc1ncsc1-c1ccc([C@H](CC#N)NC(=O)[C@@H]2C[C@@H](O)CN2C(=O)[C@@H](c2cc(N3CCC(CN4CCC(O[C@H]5C[C@H](Oc6cc(N7C8CCC7CN(c7cc(-c9ccccc9O)nnc7N)C8)ccn6)C5)CC4)CC3)no2)C(C)C)cc1. The minimum absolute atomic E-state index is 0.0235. The summed E-state index contributed by atoms with van der Waals surface area (Å²) in [7, 11) is 0. The minimum Gasteiger partial charge on any atom is -0.507 e. The van der Waals surface area contributed by atoms with Crippen LogP contribution in [0.15, 0.2) is 89.0 Å². The monoisotopic (exact) mass is 1150 g/mol. The molecule has 5 aliphatic heterocycles. The zero-order chi connectivity index (χ0) is 57.3. The van der Waals surface area contributed by atoms with Gasteiger partial charge in [-0.3, -0.25) is 9.59 Å². The van der Waals surface area contributed by atoms with Gasteiger partial charge in [-0.2, -0.15) is 5.26 Å². The number of thiazole rings is 1. The van der Waals surface area contributed by atoms with E-state index in [1.807, 2.05) is 81.0 Å². The number of carbonyl (C=O) groups excluding carboxylic acids is 2. The minimum atomic E-state index is -0.908. The molecule has 2 aromatic carbocycles. The number of nitriles is 1. The van der Waals surface area contributed by atoms with Crippen LogP contribution in [0.25, 0.3) is 21.7 Å². The highest BCUT2D eigenvalue weighted by Crippen LogP contribution is 2.41. The number of aryl methyl sites for hydroxylation is 1. The first-order valence-electron chi connectivity index (χ1n) is 29.7. The predicted octanol–water partition coefficient (Wildman–Crippen LogP) is 7.88. The average Bonchev–Trinajstić information content (AvgIpc) is 4.51. The number of para-hydroxylation sites is 1. The molecule has 4 aromatic heterocycles. The van der Waals surface area contributed by atoms with Gasteiger partial charge in [-0.15, -0.1) is 21.5 Å². The number of likely N-dealkylation sites (tertiary alicyclic amines) is 2. The van der Waals surface area contributed by atoms with Crippen molar-refractivity contribution in [2.45, 2.75) is 139 Å². The van der Waals surface area contributed by atoms with E-state index in [0.717, 1.165) is 130 Å². The molecule has 2 unspecified atom stereocenters. The Balaban J connectivity index is 0.570. The normalized spacial score (nSPS) is 24.0. The number of aliphatic hydroxyl groups excluding tert-OH is 1. The summed E-state index contributed by atoms with van der Waals surface area (Å²) in [6.07, 6.45) is 9.62. The Bertz CT molecular complexity index is 3260. The molecular weight excluding hydrogens is 1070 g/mol. The van der Waals surface area contributed by atoms with Crippen LogP contribution in [0.1, 0.15) is 107 Å². The Hall–Kier alpha value is -7.38. The lowest BCUT2D eigenvalue weighted by Crippen LogP contribution is -2.54. The highest BCUT2D eigenvalue weighted by Gasteiger charge is 2.45. The third-order valence-electron chi connectivity index (χ3n) is 18.1. The third kappa shape index (κ3) is 12.2. The number of ether oxygens (including phenoxy) is 2. The van der Waals surface area contributed by atoms with E-state index < -0.39 is 30.0 Å². The average molecular weight is 1150 g/mol. The van der Waals surface area contributed by atoms with Gasteiger partial charge in [0, 0.05) is 113 Å². The van der Waals surface area contributed by atoms with E-state index in [4.69, 9.17) is 19.7 Å². The van der Waals surface area contributed by atoms with Gasteiger partial charge in [-0.1, -0.05) is 55.4 Å². The summed E-state index contributed by atoms with van der Waals surface area (Å²) in [5.41, 5.74) is 14.1. The molecule has 21 heteroatoms. The molecule has 2 bridgehead atoms. The zero-order valence-corrected chi connectivity index (χ0v) is 48.3. The Morgan fingerprint density at radius 2 is 1.64 bits per heavy atom. The fraction of sp³-hybridized carbons (Fsp3) is 0.516. The smallest absolute Gasteiger partial charge is 0.243 e. The molecule has 5 N–H and O–H groups in total. The van der Waals surface area contributed by atoms with Crippen molar-refractivity contribution in [1.82, 2.24) is 40.4 Å². The number of carbonyl (C=O) groups is 2. The predicted molar refractivity (Wildman–Crippen MR) is 316 cm³/mol. The van der Waals surface area contributed by atoms with Gasteiger partial charge < -0.3 is 59.8 Å². The standard InChI is InChI=1S/C62H75N13O7S/c1-37(2)58(62(79)74-35-45(76)27-53(74)61(78)67-50(14-20-63)40-8-10-41(11-9-40)59-38(3)66-36-83-59)55-31-56(70-82-55)72-24-16-39(17-25-72)32-71-22-18-46(19-23-71)80-47-28-48(29-47)81-57-26-42(15-21-65-57)75-43-12-13-44(75)34-73(33-43)52-30-51(68-69-60(52)64)49-6-4-5-7-54(49)77/h4-11,15,21,26,30-31,36-37,39,43-48,50,53,58,76-77H,12-14,16-19,22-25,27-29,32-35H2,1-3H3,(H2,64,69)(H,67,78)/t43?,44?,45-,47-,48-,50+,53+,58-/m1/s1. The largest absolute Gasteiger partial charge is 0.507 e. The highest BCUT2D eigenvalue weighted by atomic mass is 32.1. The number of rotatable bonds is 18. The van der Waals surface area contributed by atoms with Gasteiger partial charge in [0.1, 0.15) is 23.8 Å². The lowest BCUT2D eigenvalue weighted by molar-refractivity contribution is -0.141. The lowest BCUT2D eigenvalue weighted by atomic mass is 9.91. The van der Waals surface area contributed by atoms with E-state index in [0.29, 0.717) is 52.5 Å². The quantitative estimate of drug-likeness (QED) is 0.0639. The maximum atomic E-state index is 14.5. The number of aromatic hydroxyl groups is 1. The third-order valence-corrected chi connectivity index (χ3v) is 19.1. The van der Waals surface area contributed by atoms with E-state index in [2.05, 4.69) is 68.4 Å². The van der Waals surface area contributed by atoms with Crippen LogP contribution >= 0.6 is 11.3 Å². The number of hydrogen-bond acceptors (Lipinski definition) is 19. The molecule has 1 aliphatic carbocycles. The summed E-state index contributed by atoms with van der Waals surface area (Å²) >= 11 is 1.56. The van der Waals surface area contributed by atoms with Crippen molar-refractivity contribution >= 4 is 46.2 Å². The van der Waals surface area contributed by atoms with Crippen LogP contribution in [-0.2, 0) is 14.3 Å². The van der Waals surface area contributed by atoms with E-state index in [9.17, 15) is 25.1 Å². The van der Waals surface area contributed by atoms with Crippen molar-refractivity contribution < 1.29 is 33.8 Å². The number of piperidine rings is 2. The molecule has 5 saturated heterocycles. The van der Waals surface area contributed by atoms with Crippen LogP contribution in [0, 0.1) is 30.1 Å². The van der Waals surface area contributed by atoms with Crippen molar-refractivity contribution in [3.63, 3.8) is 0 Å². The van der Waals surface area contributed by atoms with Crippen molar-refractivity contribution in [3.05, 3.63) is 102 Å². The first kappa shape index (κ1) is 56.1. The number of fused-ring (bicyclic) bond motifs is 2. The Morgan fingerprint density at radius 1 is 0.880 bits per heavy atom. The summed E-state index contributed by atoms with van der Waals surface area (Å²) in [6.45, 7) is 12.3. The number of phenolic OH excluding ortho intramolecular Hbond substituents is 1. The van der Waals surface area contributed by atoms with Crippen molar-refractivity contribution in [2.75, 3.05) is 72.8 Å². The number of phenols is 1. The number of benzene rings is 2. The molecule has 6 atom stereocenters. The Kier molecular flexibility index (Phi) is 16.5. The van der Waals surface area contributed by atoms with Gasteiger partial charge in [-0.25, -0.2) is 9.97 Å². The first-order valence-corrected chi connectivity index (χ1v) is 30.5. The molecule has 12 rings (SSSR count). The molecule has 0 spiro atoms. The fourth-order valence-corrected chi connectivity index (χ4v) is 14.4. The summed E-state index contributed by atoms with van der Waals surface area (Å²) in [5, 5.41) is 47.1. The molecule has 20 nitrogen and oxygen atoms in total. The number of aliphatic hydroxyl groups is 1. The summed E-state index contributed by atoms with van der Waals surface area (Å²) in [5.74, 6) is 1.35. The molecule has 0 radical (unpaired) electrons. The summed E-state index contributed by atoms with van der Waals surface area (Å²) in [6, 6.07) is 24.2. The first-order chi connectivity index (χ1) is 40.3. The van der Waals surface area contributed by atoms with Crippen molar-refractivity contribution in [3.8, 4) is 39.4 Å². The molecule has 436 valence electrons. The topological polar surface area (TPSA) is 249 Å². The van der Waals surface area contributed by atoms with Gasteiger partial charge in [0.05, 0.1) is 64.3 Å². The van der Waals surface area contributed by atoms with Gasteiger partial charge in [0.15, 0.2) is 17.4 Å². The van der Waals surface area contributed by atoms with Gasteiger partial charge in [-0.05, 0) is 92.7 Å². The highest BCUT2D eigenvalue weighted by molar-refractivity contribution is 7.13. The number of nitrogen functional groups attached to an aromatic ring is 1. The lowest BCUT2D eigenvalue weighted by Gasteiger charge is -2.43. The molecule has 9 heterocycles. The number of nitrogens with zero attached hydrogens (tertiary/aromatic N) is 11. The molecule has 6 fully saturated rings. The zero-order valence-electron chi connectivity index (χ0n) is 47.5. The molecule has 6 aromatic rings. The number of aromatic nitrogens is 5. The van der Waals surface area contributed by atoms with E-state index in [-0.39, 0.29) is 55.3 Å². The maximum absolute atomic E-state index is 14.5. The number of hydrogen-bond donors (Lipinski definition) is 4. The fourth-order valence-electron chi connectivity index (χ4n) is 13.6. The number of β-amino-alcohol motifs (C(OH)–C–C–N with tert-alkyl or cyclic N) is 1. The number of nitrogens with one attached hydrogen (secondary N) is 1. The molecule has 83 heavy (non-hydrogen) atoms. The van der Waals surface area contributed by atoms with Gasteiger partial charge >= 0.3 is 0 Å². The van der Waals surface area contributed by atoms with E-state index >= 15 is 0 Å². The molecule has 6 aliphatic rings. The number of piperazine rings is 1. The molecule has 1 saturated carbocycles. The van der Waals surface area contributed by atoms with Gasteiger partial charge in [0.2, 0.25) is 17.7 Å². The Labute approximate surface area is 488 Å². The van der Waals surface area contributed by atoms with Crippen LogP contribution in [-0.4, -0.2) is 152 Å². The van der Waals surface area contributed by atoms with Crippen LogP contribution in [0.3, 0.4) is 0 Å². The van der Waals surface area contributed by atoms with Crippen LogP contribution in [0.5, 0.6) is 11.6 Å². The number of amides is 2. The van der Waals surface area contributed by atoms with E-state index in [1.165, 1.54) is 4.90 Å². The van der Waals surface area contributed by atoms with Crippen molar-refractivity contribution in [2.24, 2.45) is 11.8 Å². The second-order valence-corrected chi connectivity index (χ2v) is 24.8. The summed E-state index contributed by atoms with van der Waals surface area (Å²) < 4.78 is 19.0. The number of pyridine rings is 1. The summed E-state index contributed by atoms with van der Waals surface area (Å²) in [4.78, 5) is 49.7. The second kappa shape index (κ2) is 24.4. The van der Waals surface area contributed by atoms with Crippen LogP contribution in [0.4, 0.5) is 23.0 Å². The molecular formula is C62H75N13O7S. The second-order valence-electron chi connectivity index (χ2n) is 24.0. The van der Waals surface area contributed by atoms with Crippen LogP contribution in [0.2, 0.25) is 0 Å². The maximum Gasteiger partial charge on any atom is 0.243 e. The number of anilines is 4. The van der Waals surface area contributed by atoms with Crippen molar-refractivity contribution in [1.29, 1.82) is 5.26 Å².